The Bertz CT molecular complexity index is 496. The third-order valence-electron chi connectivity index (χ3n) is 4.60. The second kappa shape index (κ2) is 6.57. The number of thiophene rings is 1. The second-order valence-corrected chi connectivity index (χ2v) is 7.21. The van der Waals surface area contributed by atoms with Crippen LogP contribution in [0.15, 0.2) is 11.4 Å². The van der Waals surface area contributed by atoms with Gasteiger partial charge in [0.05, 0.1) is 11.0 Å². The molecule has 0 spiro atoms. The van der Waals surface area contributed by atoms with Gasteiger partial charge in [0, 0.05) is 25.7 Å². The van der Waals surface area contributed by atoms with Crippen molar-refractivity contribution < 1.29 is 9.90 Å². The quantitative estimate of drug-likeness (QED) is 0.864. The Morgan fingerprint density at radius 1 is 1.33 bits per heavy atom. The molecule has 2 aliphatic rings. The summed E-state index contributed by atoms with van der Waals surface area (Å²) in [5, 5.41) is 12.4. The lowest BCUT2D eigenvalue weighted by Crippen LogP contribution is -2.45. The molecule has 4 nitrogen and oxygen atoms in total. The molecule has 21 heavy (non-hydrogen) atoms. The number of rotatable bonds is 4. The Labute approximate surface area is 130 Å². The Hall–Kier alpha value is -0.750. The first kappa shape index (κ1) is 15.2. The summed E-state index contributed by atoms with van der Waals surface area (Å²) in [4.78, 5) is 17.0. The van der Waals surface area contributed by atoms with E-state index in [0.29, 0.717) is 0 Å². The summed E-state index contributed by atoms with van der Waals surface area (Å²) in [6.07, 6.45) is 3.60. The van der Waals surface area contributed by atoms with E-state index in [1.807, 2.05) is 6.07 Å². The number of nitrogens with zero attached hydrogens (tertiary/aromatic N) is 2. The number of aliphatic hydroxyl groups is 1. The zero-order valence-corrected chi connectivity index (χ0v) is 13.4. The number of likely N-dealkylation sites (tertiary alicyclic amines) is 2. The van der Waals surface area contributed by atoms with Gasteiger partial charge >= 0.3 is 0 Å². The molecule has 0 saturated carbocycles. The number of piperidine rings is 1. The molecule has 116 valence electrons. The fourth-order valence-electron chi connectivity index (χ4n) is 3.49. The average Bonchev–Trinajstić information content (AvgIpc) is 3.07. The molecule has 3 heterocycles. The summed E-state index contributed by atoms with van der Waals surface area (Å²) in [5.74, 6) is 0.138. The first-order valence-electron chi connectivity index (χ1n) is 7.86. The Kier molecular flexibility index (Phi) is 4.74. The van der Waals surface area contributed by atoms with Gasteiger partial charge in [-0.05, 0) is 49.9 Å². The zero-order chi connectivity index (χ0) is 14.8. The van der Waals surface area contributed by atoms with Gasteiger partial charge in [-0.15, -0.1) is 11.3 Å². The molecule has 0 radical (unpaired) electrons. The van der Waals surface area contributed by atoms with Crippen LogP contribution in [0.4, 0.5) is 0 Å². The highest BCUT2D eigenvalue weighted by molar-refractivity contribution is 7.12. The summed E-state index contributed by atoms with van der Waals surface area (Å²) in [6.45, 7) is 6.39. The summed E-state index contributed by atoms with van der Waals surface area (Å²) in [7, 11) is 0. The molecule has 1 aromatic rings. The fraction of sp³-hybridized carbons (Fsp3) is 0.688. The van der Waals surface area contributed by atoms with Crippen molar-refractivity contribution in [3.63, 3.8) is 0 Å². The predicted molar refractivity (Wildman–Crippen MR) is 84.8 cm³/mol. The third-order valence-corrected chi connectivity index (χ3v) is 5.68. The minimum atomic E-state index is -0.242. The monoisotopic (exact) mass is 308 g/mol. The van der Waals surface area contributed by atoms with E-state index in [1.165, 1.54) is 36.2 Å². The van der Waals surface area contributed by atoms with Crippen LogP contribution in [0.25, 0.3) is 0 Å². The van der Waals surface area contributed by atoms with Gasteiger partial charge in [-0.25, -0.2) is 0 Å². The lowest BCUT2D eigenvalue weighted by molar-refractivity contribution is 0.0706. The molecule has 1 aromatic heterocycles. The smallest absolute Gasteiger partial charge is 0.169 e. The Morgan fingerprint density at radius 3 is 2.76 bits per heavy atom. The van der Waals surface area contributed by atoms with E-state index >= 15 is 0 Å². The van der Waals surface area contributed by atoms with Crippen LogP contribution in [0.2, 0.25) is 0 Å². The summed E-state index contributed by atoms with van der Waals surface area (Å²) < 4.78 is 0. The fourth-order valence-corrected chi connectivity index (χ4v) is 4.29. The molecule has 0 aromatic carbocycles. The van der Waals surface area contributed by atoms with Crippen LogP contribution >= 0.6 is 11.3 Å². The first-order valence-corrected chi connectivity index (χ1v) is 8.74. The van der Waals surface area contributed by atoms with Gasteiger partial charge in [0.1, 0.15) is 0 Å². The molecule has 2 saturated heterocycles. The molecule has 0 bridgehead atoms. The lowest BCUT2D eigenvalue weighted by atomic mass is 10.1. The number of aliphatic hydroxyl groups excluding tert-OH is 1. The van der Waals surface area contributed by atoms with Crippen LogP contribution in [0.3, 0.4) is 0 Å². The number of carbonyl (C=O) groups is 1. The van der Waals surface area contributed by atoms with Gasteiger partial charge in [0.2, 0.25) is 0 Å². The van der Waals surface area contributed by atoms with Crippen LogP contribution in [0.1, 0.15) is 41.4 Å². The summed E-state index contributed by atoms with van der Waals surface area (Å²) in [5.41, 5.74) is 1.19. The van der Waals surface area contributed by atoms with Crippen molar-refractivity contribution in [1.29, 1.82) is 0 Å². The zero-order valence-electron chi connectivity index (χ0n) is 12.6. The van der Waals surface area contributed by atoms with Crippen molar-refractivity contribution in [3.05, 3.63) is 21.9 Å². The minimum absolute atomic E-state index is 0.138. The topological polar surface area (TPSA) is 43.8 Å². The summed E-state index contributed by atoms with van der Waals surface area (Å²) >= 11 is 1.52. The molecular formula is C16H24N2O2S. The molecule has 0 aliphatic carbocycles. The number of ketones is 1. The van der Waals surface area contributed by atoms with Crippen molar-refractivity contribution in [2.24, 2.45) is 0 Å². The normalized spacial score (nSPS) is 28.1. The number of hydrogen-bond acceptors (Lipinski definition) is 5. The largest absolute Gasteiger partial charge is 0.390 e. The van der Waals surface area contributed by atoms with Crippen molar-refractivity contribution in [3.8, 4) is 0 Å². The van der Waals surface area contributed by atoms with E-state index in [2.05, 4.69) is 15.2 Å². The maximum absolute atomic E-state index is 11.4. The third kappa shape index (κ3) is 3.54. The SMILES string of the molecule is CC(=O)c1cc(CN2C[C@H](O)[C@@H](N3CCCCC3)C2)cs1. The summed E-state index contributed by atoms with van der Waals surface area (Å²) in [6, 6.07) is 2.28. The molecule has 1 N–H and O–H groups in total. The second-order valence-electron chi connectivity index (χ2n) is 6.30. The molecule has 2 fully saturated rings. The van der Waals surface area contributed by atoms with Gasteiger partial charge in [-0.2, -0.15) is 0 Å². The highest BCUT2D eigenvalue weighted by atomic mass is 32.1. The first-order chi connectivity index (χ1) is 10.1. The van der Waals surface area contributed by atoms with E-state index in [9.17, 15) is 9.90 Å². The van der Waals surface area contributed by atoms with E-state index < -0.39 is 0 Å². The Balaban J connectivity index is 1.58. The molecule has 3 rings (SSSR count). The van der Waals surface area contributed by atoms with Crippen LogP contribution in [-0.2, 0) is 6.54 Å². The number of β-amino-alcohol motifs (C(OH)–C–C–N with tert-alkyl or cyclic N) is 1. The lowest BCUT2D eigenvalue weighted by Gasteiger charge is -2.33. The molecule has 2 atom stereocenters. The van der Waals surface area contributed by atoms with Crippen LogP contribution < -0.4 is 0 Å². The average molecular weight is 308 g/mol. The Morgan fingerprint density at radius 2 is 2.10 bits per heavy atom. The molecule has 2 aliphatic heterocycles. The molecule has 0 amide bonds. The maximum Gasteiger partial charge on any atom is 0.169 e. The molecule has 5 heteroatoms. The van der Waals surface area contributed by atoms with E-state index in [0.717, 1.165) is 37.6 Å². The minimum Gasteiger partial charge on any atom is -0.390 e. The molecule has 0 unspecified atom stereocenters. The predicted octanol–water partition coefficient (Wildman–Crippen LogP) is 1.98. The van der Waals surface area contributed by atoms with E-state index in [-0.39, 0.29) is 17.9 Å². The van der Waals surface area contributed by atoms with Crippen molar-refractivity contribution >= 4 is 17.1 Å². The highest BCUT2D eigenvalue weighted by Gasteiger charge is 2.35. The number of carbonyl (C=O) groups excluding carboxylic acids is 1. The van der Waals surface area contributed by atoms with Crippen LogP contribution in [0.5, 0.6) is 0 Å². The maximum atomic E-state index is 11.4. The van der Waals surface area contributed by atoms with Gasteiger partial charge in [-0.3, -0.25) is 14.6 Å². The van der Waals surface area contributed by atoms with Gasteiger partial charge in [0.25, 0.3) is 0 Å². The van der Waals surface area contributed by atoms with Crippen LogP contribution in [0, 0.1) is 0 Å². The number of hydrogen-bond donors (Lipinski definition) is 1. The standard InChI is InChI=1S/C16H24N2O2S/c1-12(19)16-7-13(11-21-16)8-17-9-14(15(20)10-17)18-5-3-2-4-6-18/h7,11,14-15,20H,2-6,8-10H2,1H3/t14-,15-/m0/s1. The number of Topliss-reactive ketones (excluding diaryl/α,β-unsaturated/α-hetero) is 1. The van der Waals surface area contributed by atoms with Crippen molar-refractivity contribution in [2.45, 2.75) is 44.9 Å². The van der Waals surface area contributed by atoms with Crippen LogP contribution in [-0.4, -0.2) is 59.0 Å². The van der Waals surface area contributed by atoms with Crippen molar-refractivity contribution in [1.82, 2.24) is 9.80 Å². The van der Waals surface area contributed by atoms with E-state index in [4.69, 9.17) is 0 Å². The highest BCUT2D eigenvalue weighted by Crippen LogP contribution is 2.23. The van der Waals surface area contributed by atoms with Gasteiger partial charge in [-0.1, -0.05) is 6.42 Å². The van der Waals surface area contributed by atoms with Gasteiger partial charge in [0.15, 0.2) is 5.78 Å². The van der Waals surface area contributed by atoms with Gasteiger partial charge < -0.3 is 5.11 Å². The molecular weight excluding hydrogens is 284 g/mol. The van der Waals surface area contributed by atoms with E-state index in [1.54, 1.807) is 6.92 Å². The van der Waals surface area contributed by atoms with Crippen molar-refractivity contribution in [2.75, 3.05) is 26.2 Å².